The van der Waals surface area contributed by atoms with Crippen molar-refractivity contribution in [2.75, 3.05) is 6.61 Å². The zero-order valence-electron chi connectivity index (χ0n) is 19.4. The number of nitrogens with one attached hydrogen (secondary N) is 1. The SMILES string of the molecule is C[C@H]1[C@H](OC(=O)CCC(=O)N[C@@H]2CCOC2=O)O[C@@H]2O[C@@]3(C)CC[C@@H]4[C@H](C)CC[C@H]1[C@@]24OO3. The van der Waals surface area contributed by atoms with Gasteiger partial charge in [0.05, 0.1) is 13.0 Å². The number of esters is 2. The van der Waals surface area contributed by atoms with Gasteiger partial charge in [0.2, 0.25) is 18.0 Å². The van der Waals surface area contributed by atoms with E-state index in [0.29, 0.717) is 25.4 Å². The number of cyclic esters (lactones) is 1. The van der Waals surface area contributed by atoms with Gasteiger partial charge >= 0.3 is 11.9 Å². The lowest BCUT2D eigenvalue weighted by molar-refractivity contribution is -0.576. The van der Waals surface area contributed by atoms with E-state index in [1.54, 1.807) is 0 Å². The van der Waals surface area contributed by atoms with Gasteiger partial charge in [0, 0.05) is 31.1 Å². The number of carbonyl (C=O) groups is 3. The fourth-order valence-electron chi connectivity index (χ4n) is 6.30. The van der Waals surface area contributed by atoms with Gasteiger partial charge in [0.1, 0.15) is 6.04 Å². The van der Waals surface area contributed by atoms with E-state index in [2.05, 4.69) is 12.2 Å². The largest absolute Gasteiger partial charge is 0.464 e. The van der Waals surface area contributed by atoms with E-state index < -0.39 is 41.9 Å². The quantitative estimate of drug-likeness (QED) is 0.478. The van der Waals surface area contributed by atoms with Gasteiger partial charge in [-0.25, -0.2) is 14.6 Å². The number of hydrogen-bond donors (Lipinski definition) is 1. The summed E-state index contributed by atoms with van der Waals surface area (Å²) < 4.78 is 23.0. The summed E-state index contributed by atoms with van der Waals surface area (Å²) in [5.74, 6) is -1.66. The van der Waals surface area contributed by atoms with E-state index in [1.807, 2.05) is 13.8 Å². The van der Waals surface area contributed by atoms with Crippen molar-refractivity contribution in [1.29, 1.82) is 0 Å². The van der Waals surface area contributed by atoms with Crippen LogP contribution in [0.4, 0.5) is 0 Å². The van der Waals surface area contributed by atoms with Crippen LogP contribution in [0.3, 0.4) is 0 Å². The highest BCUT2D eigenvalue weighted by molar-refractivity contribution is 5.87. The molecule has 0 aromatic rings. The maximum absolute atomic E-state index is 12.6. The molecule has 33 heavy (non-hydrogen) atoms. The molecule has 0 aromatic heterocycles. The third-order valence-electron chi connectivity index (χ3n) is 8.17. The Kier molecular flexibility index (Phi) is 5.91. The maximum Gasteiger partial charge on any atom is 0.328 e. The van der Waals surface area contributed by atoms with Crippen LogP contribution in [0.5, 0.6) is 0 Å². The molecule has 5 saturated heterocycles. The minimum Gasteiger partial charge on any atom is -0.464 e. The molecule has 0 unspecified atom stereocenters. The monoisotopic (exact) mass is 467 g/mol. The molecule has 0 aromatic carbocycles. The lowest BCUT2D eigenvalue weighted by Crippen LogP contribution is -2.70. The number of hydrogen-bond acceptors (Lipinski definition) is 9. The van der Waals surface area contributed by atoms with Crippen molar-refractivity contribution < 1.29 is 43.1 Å². The van der Waals surface area contributed by atoms with Crippen LogP contribution in [0.15, 0.2) is 0 Å². The lowest BCUT2D eigenvalue weighted by atomic mass is 9.58. The Morgan fingerprint density at radius 2 is 1.91 bits per heavy atom. The van der Waals surface area contributed by atoms with Crippen molar-refractivity contribution >= 4 is 17.8 Å². The summed E-state index contributed by atoms with van der Waals surface area (Å²) in [5, 5.41) is 2.59. The molecule has 6 rings (SSSR count). The Labute approximate surface area is 192 Å². The fourth-order valence-corrected chi connectivity index (χ4v) is 6.30. The molecule has 1 aliphatic carbocycles. The minimum atomic E-state index is -0.897. The zero-order chi connectivity index (χ0) is 23.4. The average Bonchev–Trinajstić information content (AvgIpc) is 3.03. The molecule has 10 heteroatoms. The predicted octanol–water partition coefficient (Wildman–Crippen LogP) is 1.95. The molecule has 0 radical (unpaired) electrons. The molecule has 2 bridgehead atoms. The number of rotatable bonds is 5. The Morgan fingerprint density at radius 1 is 1.09 bits per heavy atom. The van der Waals surface area contributed by atoms with Gasteiger partial charge in [-0.2, -0.15) is 0 Å². The number of amides is 1. The molecule has 6 fully saturated rings. The first kappa shape index (κ1) is 23.0. The molecule has 9 atom stereocenters. The first-order valence-electron chi connectivity index (χ1n) is 12.1. The van der Waals surface area contributed by atoms with Crippen LogP contribution < -0.4 is 5.32 Å². The summed E-state index contributed by atoms with van der Waals surface area (Å²) >= 11 is 0. The highest BCUT2D eigenvalue weighted by atomic mass is 17.3. The van der Waals surface area contributed by atoms with E-state index in [0.717, 1.165) is 19.3 Å². The van der Waals surface area contributed by atoms with Crippen molar-refractivity contribution in [1.82, 2.24) is 5.32 Å². The molecule has 1 saturated carbocycles. The number of fused-ring (bicyclic) bond motifs is 2. The van der Waals surface area contributed by atoms with Crippen LogP contribution in [0.1, 0.15) is 65.7 Å². The van der Waals surface area contributed by atoms with Crippen molar-refractivity contribution in [3.8, 4) is 0 Å². The topological polar surface area (TPSA) is 119 Å². The van der Waals surface area contributed by atoms with Crippen LogP contribution >= 0.6 is 0 Å². The number of ether oxygens (including phenoxy) is 4. The van der Waals surface area contributed by atoms with Crippen LogP contribution in [0, 0.1) is 23.7 Å². The van der Waals surface area contributed by atoms with Crippen LogP contribution in [0.2, 0.25) is 0 Å². The fraction of sp³-hybridized carbons (Fsp3) is 0.870. The molecule has 1 amide bonds. The molecular formula is C23H33NO9. The van der Waals surface area contributed by atoms with Crippen LogP contribution in [-0.2, 0) is 43.1 Å². The third kappa shape index (κ3) is 3.94. The standard InChI is InChI=1S/C23H33NO9/c1-12-4-5-15-13(2)20(29-18(26)7-6-17(25)24-16-9-11-28-19(16)27)30-21-23(15)14(12)8-10-22(3,31-21)32-33-23/h12-16,20-21H,4-11H2,1-3H3,(H,24,25)/t12-,13-,14-,15-,16-,20-,21-,22-,23-/m1/s1. The van der Waals surface area contributed by atoms with Gasteiger partial charge in [-0.1, -0.05) is 13.8 Å². The molecule has 1 spiro atoms. The van der Waals surface area contributed by atoms with Gasteiger partial charge < -0.3 is 24.3 Å². The summed E-state index contributed by atoms with van der Waals surface area (Å²) in [6, 6.07) is -0.639. The van der Waals surface area contributed by atoms with E-state index in [1.165, 1.54) is 0 Å². The van der Waals surface area contributed by atoms with Crippen molar-refractivity contribution in [2.24, 2.45) is 23.7 Å². The van der Waals surface area contributed by atoms with Gasteiger partial charge in [0.25, 0.3) is 0 Å². The molecule has 10 nitrogen and oxygen atoms in total. The van der Waals surface area contributed by atoms with Gasteiger partial charge in [-0.05, 0) is 38.0 Å². The zero-order valence-corrected chi connectivity index (χ0v) is 19.4. The lowest BCUT2D eigenvalue weighted by Gasteiger charge is -2.59. The summed E-state index contributed by atoms with van der Waals surface area (Å²) in [5.41, 5.74) is -0.716. The average molecular weight is 468 g/mol. The van der Waals surface area contributed by atoms with E-state index in [9.17, 15) is 14.4 Å². The molecule has 5 aliphatic heterocycles. The Balaban J connectivity index is 1.23. The Morgan fingerprint density at radius 3 is 2.67 bits per heavy atom. The molecule has 5 heterocycles. The molecule has 6 aliphatic rings. The second kappa shape index (κ2) is 8.48. The molecule has 1 N–H and O–H groups in total. The Bertz CT molecular complexity index is 820. The molecule has 184 valence electrons. The summed E-state index contributed by atoms with van der Waals surface area (Å²) in [6.07, 6.45) is 2.35. The van der Waals surface area contributed by atoms with Crippen LogP contribution in [0.25, 0.3) is 0 Å². The van der Waals surface area contributed by atoms with E-state index >= 15 is 0 Å². The summed E-state index contributed by atoms with van der Waals surface area (Å²) in [7, 11) is 0. The number of carbonyl (C=O) groups excluding carboxylic acids is 3. The van der Waals surface area contributed by atoms with Gasteiger partial charge in [-0.15, -0.1) is 0 Å². The summed E-state index contributed by atoms with van der Waals surface area (Å²) in [4.78, 5) is 48.0. The second-order valence-corrected chi connectivity index (χ2v) is 10.3. The second-order valence-electron chi connectivity index (χ2n) is 10.3. The molecular weight excluding hydrogens is 434 g/mol. The first-order valence-corrected chi connectivity index (χ1v) is 12.1. The van der Waals surface area contributed by atoms with Crippen molar-refractivity contribution in [2.45, 2.75) is 95.7 Å². The highest BCUT2D eigenvalue weighted by Crippen LogP contribution is 2.60. The highest BCUT2D eigenvalue weighted by Gasteiger charge is 2.69. The van der Waals surface area contributed by atoms with Crippen molar-refractivity contribution in [3.63, 3.8) is 0 Å². The normalized spacial score (nSPS) is 46.2. The first-order chi connectivity index (χ1) is 15.7. The van der Waals surface area contributed by atoms with Gasteiger partial charge in [0.15, 0.2) is 11.9 Å². The third-order valence-corrected chi connectivity index (χ3v) is 8.17. The van der Waals surface area contributed by atoms with Crippen LogP contribution in [-0.4, -0.2) is 54.5 Å². The maximum atomic E-state index is 12.6. The smallest absolute Gasteiger partial charge is 0.328 e. The minimum absolute atomic E-state index is 0.0505. The van der Waals surface area contributed by atoms with E-state index in [-0.39, 0.29) is 36.5 Å². The van der Waals surface area contributed by atoms with Crippen molar-refractivity contribution in [3.05, 3.63) is 0 Å². The van der Waals surface area contributed by atoms with E-state index in [4.69, 9.17) is 28.7 Å². The summed E-state index contributed by atoms with van der Waals surface area (Å²) in [6.45, 7) is 6.38. The Hall–Kier alpha value is -1.75. The van der Waals surface area contributed by atoms with Gasteiger partial charge in [-0.3, -0.25) is 9.59 Å². The predicted molar refractivity (Wildman–Crippen MR) is 110 cm³/mol.